The molecule has 0 saturated heterocycles. The van der Waals surface area contributed by atoms with Crippen LogP contribution in [-0.4, -0.2) is 42.8 Å². The van der Waals surface area contributed by atoms with Gasteiger partial charge in [0, 0.05) is 5.56 Å². The Hall–Kier alpha value is -3.48. The summed E-state index contributed by atoms with van der Waals surface area (Å²) < 4.78 is 15.1. The maximum atomic E-state index is 12.2. The zero-order valence-electron chi connectivity index (χ0n) is 14.3. The minimum Gasteiger partial charge on any atom is -0.502 e. The Labute approximate surface area is 150 Å². The molecule has 0 bridgehead atoms. The number of aliphatic carboxylic acids is 1. The normalized spacial score (nSPS) is 10.5. The van der Waals surface area contributed by atoms with Crippen LogP contribution < -0.4 is 14.2 Å². The second kappa shape index (κ2) is 8.57. The first-order chi connectivity index (χ1) is 12.4. The lowest BCUT2D eigenvalue weighted by Crippen LogP contribution is -2.09. The SMILES string of the molecule is COc1cc(/C=C/C(=O)c2ccc(OCC(=O)O)cc2)cc(OC)c1O. The number of phenols is 1. The largest absolute Gasteiger partial charge is 0.502 e. The van der Waals surface area contributed by atoms with Gasteiger partial charge in [-0.15, -0.1) is 0 Å². The molecule has 7 heteroatoms. The molecule has 0 atom stereocenters. The number of carboxylic acid groups (broad SMARTS) is 1. The lowest BCUT2D eigenvalue weighted by molar-refractivity contribution is -0.139. The Morgan fingerprint density at radius 1 is 1.04 bits per heavy atom. The maximum absolute atomic E-state index is 12.2. The van der Waals surface area contributed by atoms with Gasteiger partial charge in [-0.2, -0.15) is 0 Å². The van der Waals surface area contributed by atoms with Crippen LogP contribution in [0.4, 0.5) is 0 Å². The predicted octanol–water partition coefficient (Wildman–Crippen LogP) is 2.77. The van der Waals surface area contributed by atoms with Crippen LogP contribution in [0.1, 0.15) is 15.9 Å². The van der Waals surface area contributed by atoms with Crippen molar-refractivity contribution in [2.24, 2.45) is 0 Å². The first kappa shape index (κ1) is 18.9. The zero-order chi connectivity index (χ0) is 19.1. The van der Waals surface area contributed by atoms with Gasteiger partial charge in [-0.3, -0.25) is 4.79 Å². The summed E-state index contributed by atoms with van der Waals surface area (Å²) >= 11 is 0. The molecule has 2 aromatic rings. The molecule has 2 aromatic carbocycles. The monoisotopic (exact) mass is 358 g/mol. The summed E-state index contributed by atoms with van der Waals surface area (Å²) in [6.07, 6.45) is 2.94. The molecule has 0 aliphatic carbocycles. The van der Waals surface area contributed by atoms with Gasteiger partial charge in [0.05, 0.1) is 14.2 Å². The van der Waals surface area contributed by atoms with Crippen molar-refractivity contribution in [2.75, 3.05) is 20.8 Å². The number of carbonyl (C=O) groups is 2. The van der Waals surface area contributed by atoms with Crippen molar-refractivity contribution in [3.63, 3.8) is 0 Å². The average molecular weight is 358 g/mol. The molecule has 0 amide bonds. The van der Waals surface area contributed by atoms with Gasteiger partial charge < -0.3 is 24.4 Å². The van der Waals surface area contributed by atoms with Crippen molar-refractivity contribution in [2.45, 2.75) is 0 Å². The molecule has 26 heavy (non-hydrogen) atoms. The highest BCUT2D eigenvalue weighted by molar-refractivity contribution is 6.06. The molecule has 0 aromatic heterocycles. The van der Waals surface area contributed by atoms with Gasteiger partial charge in [-0.1, -0.05) is 6.08 Å². The fraction of sp³-hybridized carbons (Fsp3) is 0.158. The van der Waals surface area contributed by atoms with E-state index in [0.29, 0.717) is 16.9 Å². The van der Waals surface area contributed by atoms with Crippen molar-refractivity contribution in [1.82, 2.24) is 0 Å². The Morgan fingerprint density at radius 3 is 2.12 bits per heavy atom. The van der Waals surface area contributed by atoms with Crippen molar-refractivity contribution < 1.29 is 34.0 Å². The van der Waals surface area contributed by atoms with Gasteiger partial charge >= 0.3 is 5.97 Å². The lowest BCUT2D eigenvalue weighted by Gasteiger charge is -2.09. The second-order valence-corrected chi connectivity index (χ2v) is 5.18. The molecule has 0 radical (unpaired) electrons. The standard InChI is InChI=1S/C19H18O7/c1-24-16-9-12(10-17(25-2)19(16)23)3-8-15(20)13-4-6-14(7-5-13)26-11-18(21)22/h3-10,23H,11H2,1-2H3,(H,21,22)/b8-3+. The van der Waals surface area contributed by atoms with E-state index in [9.17, 15) is 14.7 Å². The highest BCUT2D eigenvalue weighted by atomic mass is 16.5. The fourth-order valence-corrected chi connectivity index (χ4v) is 2.14. The first-order valence-corrected chi connectivity index (χ1v) is 7.56. The summed E-state index contributed by atoms with van der Waals surface area (Å²) in [5.41, 5.74) is 1.04. The number of allylic oxidation sites excluding steroid dienone is 1. The van der Waals surface area contributed by atoms with E-state index in [1.54, 1.807) is 30.3 Å². The average Bonchev–Trinajstić information content (AvgIpc) is 2.65. The highest BCUT2D eigenvalue weighted by Gasteiger charge is 2.10. The quantitative estimate of drug-likeness (QED) is 0.552. The molecule has 0 aliphatic rings. The Balaban J connectivity index is 2.13. The number of carbonyl (C=O) groups excluding carboxylic acids is 1. The van der Waals surface area contributed by atoms with Crippen molar-refractivity contribution in [1.29, 1.82) is 0 Å². The van der Waals surface area contributed by atoms with E-state index in [1.165, 1.54) is 32.4 Å². The summed E-state index contributed by atoms with van der Waals surface area (Å²) in [5, 5.41) is 18.4. The molecule has 0 saturated carbocycles. The van der Waals surface area contributed by atoms with Gasteiger partial charge in [-0.05, 0) is 48.0 Å². The van der Waals surface area contributed by atoms with E-state index < -0.39 is 12.6 Å². The van der Waals surface area contributed by atoms with Crippen LogP contribution in [0.3, 0.4) is 0 Å². The third-order valence-electron chi connectivity index (χ3n) is 3.43. The highest BCUT2D eigenvalue weighted by Crippen LogP contribution is 2.37. The summed E-state index contributed by atoms with van der Waals surface area (Å²) in [4.78, 5) is 22.7. The Bertz CT molecular complexity index is 797. The summed E-state index contributed by atoms with van der Waals surface area (Å²) in [6, 6.07) is 9.28. The van der Waals surface area contributed by atoms with E-state index in [1.807, 2.05) is 0 Å². The van der Waals surface area contributed by atoms with E-state index >= 15 is 0 Å². The fourth-order valence-electron chi connectivity index (χ4n) is 2.14. The second-order valence-electron chi connectivity index (χ2n) is 5.18. The molecule has 0 aliphatic heterocycles. The summed E-state index contributed by atoms with van der Waals surface area (Å²) in [5.74, 6) is -0.613. The molecule has 0 fully saturated rings. The van der Waals surface area contributed by atoms with Gasteiger partial charge in [0.25, 0.3) is 0 Å². The number of ether oxygens (including phenoxy) is 3. The minimum atomic E-state index is -1.08. The van der Waals surface area contributed by atoms with Gasteiger partial charge in [0.1, 0.15) is 5.75 Å². The maximum Gasteiger partial charge on any atom is 0.341 e. The molecular weight excluding hydrogens is 340 g/mol. The van der Waals surface area contributed by atoms with E-state index in [0.717, 1.165) is 0 Å². The molecule has 7 nitrogen and oxygen atoms in total. The number of benzene rings is 2. The van der Waals surface area contributed by atoms with Crippen LogP contribution in [0.25, 0.3) is 6.08 Å². The summed E-state index contributed by atoms with van der Waals surface area (Å²) in [7, 11) is 2.84. The van der Waals surface area contributed by atoms with Gasteiger partial charge in [0.15, 0.2) is 23.9 Å². The van der Waals surface area contributed by atoms with E-state index in [-0.39, 0.29) is 23.0 Å². The van der Waals surface area contributed by atoms with Crippen LogP contribution in [0.2, 0.25) is 0 Å². The lowest BCUT2D eigenvalue weighted by atomic mass is 10.1. The topological polar surface area (TPSA) is 102 Å². The number of rotatable bonds is 8. The van der Waals surface area contributed by atoms with Crippen LogP contribution >= 0.6 is 0 Å². The third kappa shape index (κ3) is 4.76. The number of carboxylic acids is 1. The number of methoxy groups -OCH3 is 2. The molecule has 136 valence electrons. The van der Waals surface area contributed by atoms with Gasteiger partial charge in [-0.25, -0.2) is 4.79 Å². The van der Waals surface area contributed by atoms with E-state index in [4.69, 9.17) is 19.3 Å². The van der Waals surface area contributed by atoms with Crippen LogP contribution in [-0.2, 0) is 4.79 Å². The van der Waals surface area contributed by atoms with Crippen LogP contribution in [0.5, 0.6) is 23.0 Å². The molecule has 2 N–H and O–H groups in total. The van der Waals surface area contributed by atoms with Gasteiger partial charge in [0.2, 0.25) is 5.75 Å². The number of phenolic OH excluding ortho intramolecular Hbond substituents is 1. The molecular formula is C19H18O7. The minimum absolute atomic E-state index is 0.115. The molecule has 0 spiro atoms. The van der Waals surface area contributed by atoms with Crippen molar-refractivity contribution in [3.8, 4) is 23.0 Å². The number of hydrogen-bond acceptors (Lipinski definition) is 6. The Kier molecular flexibility index (Phi) is 6.21. The van der Waals surface area contributed by atoms with E-state index in [2.05, 4.69) is 0 Å². The van der Waals surface area contributed by atoms with Crippen LogP contribution in [0.15, 0.2) is 42.5 Å². The number of hydrogen-bond donors (Lipinski definition) is 2. The Morgan fingerprint density at radius 2 is 1.62 bits per heavy atom. The first-order valence-electron chi connectivity index (χ1n) is 7.56. The summed E-state index contributed by atoms with van der Waals surface area (Å²) in [6.45, 7) is -0.447. The number of aromatic hydroxyl groups is 1. The number of ketones is 1. The van der Waals surface area contributed by atoms with Crippen molar-refractivity contribution >= 4 is 17.8 Å². The molecule has 0 heterocycles. The molecule has 0 unspecified atom stereocenters. The van der Waals surface area contributed by atoms with Crippen LogP contribution in [0, 0.1) is 0 Å². The van der Waals surface area contributed by atoms with Crippen molar-refractivity contribution in [3.05, 3.63) is 53.6 Å². The predicted molar refractivity (Wildman–Crippen MR) is 94.1 cm³/mol. The smallest absolute Gasteiger partial charge is 0.341 e. The molecule has 2 rings (SSSR count). The zero-order valence-corrected chi connectivity index (χ0v) is 14.3. The third-order valence-corrected chi connectivity index (χ3v) is 3.43.